The molecule has 2 heterocycles. The Bertz CT molecular complexity index is 359. The van der Waals surface area contributed by atoms with E-state index in [1.165, 1.54) is 11.3 Å². The van der Waals surface area contributed by atoms with Crippen LogP contribution in [0.25, 0.3) is 10.8 Å². The van der Waals surface area contributed by atoms with Crippen molar-refractivity contribution in [1.82, 2.24) is 15.2 Å². The van der Waals surface area contributed by atoms with E-state index in [4.69, 9.17) is 16.0 Å². The summed E-state index contributed by atoms with van der Waals surface area (Å²) in [7, 11) is 0. The summed E-state index contributed by atoms with van der Waals surface area (Å²) >= 11 is 6.94. The summed E-state index contributed by atoms with van der Waals surface area (Å²) in [6.07, 6.45) is 1.68. The van der Waals surface area contributed by atoms with Crippen LogP contribution in [0.5, 0.6) is 0 Å². The zero-order valence-corrected chi connectivity index (χ0v) is 7.47. The van der Waals surface area contributed by atoms with E-state index in [0.717, 1.165) is 4.88 Å². The van der Waals surface area contributed by atoms with Crippen molar-refractivity contribution >= 4 is 22.9 Å². The molecule has 2 aromatic rings. The first-order chi connectivity index (χ1) is 5.90. The Hall–Kier alpha value is -0.940. The van der Waals surface area contributed by atoms with Gasteiger partial charge in [0.15, 0.2) is 0 Å². The van der Waals surface area contributed by atoms with Crippen molar-refractivity contribution in [2.45, 2.75) is 5.88 Å². The highest BCUT2D eigenvalue weighted by Gasteiger charge is 2.07. The third kappa shape index (κ3) is 1.33. The average Bonchev–Trinajstić information content (AvgIpc) is 2.75. The first kappa shape index (κ1) is 7.70. The van der Waals surface area contributed by atoms with E-state index in [0.29, 0.717) is 11.8 Å². The fourth-order valence-corrected chi connectivity index (χ4v) is 1.38. The molecule has 0 saturated carbocycles. The van der Waals surface area contributed by atoms with Gasteiger partial charge in [0.05, 0.1) is 11.7 Å². The Morgan fingerprint density at radius 2 is 2.42 bits per heavy atom. The van der Waals surface area contributed by atoms with Gasteiger partial charge in [0, 0.05) is 0 Å². The standard InChI is InChI=1S/C6H4ClN3OS/c7-1-5-9-10-6(11-5)4-2-8-3-12-4/h2-3H,1H2. The van der Waals surface area contributed by atoms with Crippen LogP contribution in [-0.2, 0) is 5.88 Å². The van der Waals surface area contributed by atoms with E-state index in [-0.39, 0.29) is 5.88 Å². The van der Waals surface area contributed by atoms with Crippen molar-refractivity contribution in [2.24, 2.45) is 0 Å². The number of alkyl halides is 1. The van der Waals surface area contributed by atoms with Crippen LogP contribution in [0.2, 0.25) is 0 Å². The van der Waals surface area contributed by atoms with Crippen LogP contribution in [0.4, 0.5) is 0 Å². The maximum atomic E-state index is 5.49. The summed E-state index contributed by atoms with van der Waals surface area (Å²) in [4.78, 5) is 4.75. The minimum atomic E-state index is 0.242. The highest BCUT2D eigenvalue weighted by Crippen LogP contribution is 2.21. The molecule has 2 rings (SSSR count). The smallest absolute Gasteiger partial charge is 0.259 e. The molecule has 6 heteroatoms. The molecule has 12 heavy (non-hydrogen) atoms. The number of rotatable bonds is 2. The van der Waals surface area contributed by atoms with Gasteiger partial charge in [-0.1, -0.05) is 0 Å². The Labute approximate surface area is 77.2 Å². The van der Waals surface area contributed by atoms with Crippen molar-refractivity contribution in [3.8, 4) is 10.8 Å². The van der Waals surface area contributed by atoms with E-state index in [2.05, 4.69) is 15.2 Å². The van der Waals surface area contributed by atoms with Gasteiger partial charge < -0.3 is 4.42 Å². The predicted molar refractivity (Wildman–Crippen MR) is 45.0 cm³/mol. The van der Waals surface area contributed by atoms with Gasteiger partial charge in [-0.25, -0.2) is 0 Å². The number of hydrogen-bond acceptors (Lipinski definition) is 5. The Morgan fingerprint density at radius 1 is 1.50 bits per heavy atom. The van der Waals surface area contributed by atoms with Gasteiger partial charge in [0.25, 0.3) is 5.89 Å². The zero-order chi connectivity index (χ0) is 8.39. The van der Waals surface area contributed by atoms with Crippen LogP contribution < -0.4 is 0 Å². The van der Waals surface area contributed by atoms with Gasteiger partial charge in [-0.3, -0.25) is 4.98 Å². The third-order valence-corrected chi connectivity index (χ3v) is 2.21. The van der Waals surface area contributed by atoms with Crippen LogP contribution in [-0.4, -0.2) is 15.2 Å². The number of aromatic nitrogens is 3. The van der Waals surface area contributed by atoms with Crippen molar-refractivity contribution in [3.63, 3.8) is 0 Å². The third-order valence-electron chi connectivity index (χ3n) is 1.22. The van der Waals surface area contributed by atoms with E-state index in [1.54, 1.807) is 11.7 Å². The summed E-state index contributed by atoms with van der Waals surface area (Å²) in [6.45, 7) is 0. The fourth-order valence-electron chi connectivity index (χ4n) is 0.729. The SMILES string of the molecule is ClCc1nnc(-c2cncs2)o1. The molecule has 0 aromatic carbocycles. The van der Waals surface area contributed by atoms with E-state index >= 15 is 0 Å². The van der Waals surface area contributed by atoms with Crippen LogP contribution >= 0.6 is 22.9 Å². The summed E-state index contributed by atoms with van der Waals surface area (Å²) in [5.74, 6) is 1.15. The first-order valence-electron chi connectivity index (χ1n) is 3.17. The van der Waals surface area contributed by atoms with Crippen LogP contribution in [0.3, 0.4) is 0 Å². The monoisotopic (exact) mass is 201 g/mol. The molecule has 0 aliphatic carbocycles. The lowest BCUT2D eigenvalue weighted by Crippen LogP contribution is -1.73. The molecular formula is C6H4ClN3OS. The average molecular weight is 202 g/mol. The minimum absolute atomic E-state index is 0.242. The molecule has 2 aromatic heterocycles. The molecular weight excluding hydrogens is 198 g/mol. The quantitative estimate of drug-likeness (QED) is 0.697. The molecule has 0 aliphatic rings. The van der Waals surface area contributed by atoms with Crippen LogP contribution in [0.1, 0.15) is 5.89 Å². The molecule has 4 nitrogen and oxygen atoms in total. The lowest BCUT2D eigenvalue weighted by molar-refractivity contribution is 0.528. The zero-order valence-electron chi connectivity index (χ0n) is 5.90. The van der Waals surface area contributed by atoms with Crippen molar-refractivity contribution in [3.05, 3.63) is 17.6 Å². The van der Waals surface area contributed by atoms with Crippen molar-refractivity contribution in [2.75, 3.05) is 0 Å². The minimum Gasteiger partial charge on any atom is -0.419 e. The summed E-state index contributed by atoms with van der Waals surface area (Å²) < 4.78 is 5.19. The molecule has 62 valence electrons. The van der Waals surface area contributed by atoms with E-state index in [9.17, 15) is 0 Å². The Balaban J connectivity index is 2.35. The Morgan fingerprint density at radius 3 is 3.00 bits per heavy atom. The number of halogens is 1. The van der Waals surface area contributed by atoms with Crippen LogP contribution in [0, 0.1) is 0 Å². The largest absolute Gasteiger partial charge is 0.419 e. The lowest BCUT2D eigenvalue weighted by Gasteiger charge is -1.82. The van der Waals surface area contributed by atoms with Gasteiger partial charge in [-0.05, 0) is 0 Å². The van der Waals surface area contributed by atoms with Crippen LogP contribution in [0.15, 0.2) is 16.1 Å². The molecule has 0 amide bonds. The molecule has 0 aliphatic heterocycles. The lowest BCUT2D eigenvalue weighted by atomic mass is 10.6. The highest BCUT2D eigenvalue weighted by molar-refractivity contribution is 7.13. The predicted octanol–water partition coefficient (Wildman–Crippen LogP) is 1.93. The summed E-state index contributed by atoms with van der Waals surface area (Å²) in [5.41, 5.74) is 1.71. The molecule has 0 N–H and O–H groups in total. The van der Waals surface area contributed by atoms with Gasteiger partial charge in [-0.15, -0.1) is 33.1 Å². The van der Waals surface area contributed by atoms with Gasteiger partial charge in [-0.2, -0.15) is 0 Å². The van der Waals surface area contributed by atoms with Crippen molar-refractivity contribution < 1.29 is 4.42 Å². The van der Waals surface area contributed by atoms with Crippen molar-refractivity contribution in [1.29, 1.82) is 0 Å². The topological polar surface area (TPSA) is 51.8 Å². The van der Waals surface area contributed by atoms with Gasteiger partial charge in [0.2, 0.25) is 5.89 Å². The number of nitrogens with zero attached hydrogens (tertiary/aromatic N) is 3. The second-order valence-corrected chi connectivity index (χ2v) is 3.15. The second kappa shape index (κ2) is 3.20. The number of thiazole rings is 1. The number of hydrogen-bond donors (Lipinski definition) is 0. The summed E-state index contributed by atoms with van der Waals surface area (Å²) in [6, 6.07) is 0. The molecule has 0 unspecified atom stereocenters. The molecule has 0 saturated heterocycles. The van der Waals surface area contributed by atoms with E-state index < -0.39 is 0 Å². The molecule has 0 spiro atoms. The molecule has 0 fully saturated rings. The second-order valence-electron chi connectivity index (χ2n) is 2.00. The maximum Gasteiger partial charge on any atom is 0.259 e. The Kier molecular flexibility index (Phi) is 2.05. The molecule has 0 atom stereocenters. The first-order valence-corrected chi connectivity index (χ1v) is 4.59. The summed E-state index contributed by atoms with van der Waals surface area (Å²) in [5, 5.41) is 7.52. The van der Waals surface area contributed by atoms with Gasteiger partial charge >= 0.3 is 0 Å². The highest BCUT2D eigenvalue weighted by atomic mass is 35.5. The molecule has 0 bridgehead atoms. The molecule has 0 radical (unpaired) electrons. The van der Waals surface area contributed by atoms with Gasteiger partial charge in [0.1, 0.15) is 10.8 Å². The maximum absolute atomic E-state index is 5.49. The fraction of sp³-hybridized carbons (Fsp3) is 0.167. The van der Waals surface area contributed by atoms with E-state index in [1.807, 2.05) is 0 Å². The normalized spacial score (nSPS) is 10.4.